The van der Waals surface area contributed by atoms with Gasteiger partial charge in [-0.2, -0.15) is 0 Å². The SMILES string of the molecule is O=C(CSc1nccn(-c2ccc(F)c(F)c2)c1=O)Nc1ccccc1. The van der Waals surface area contributed by atoms with Gasteiger partial charge in [-0.3, -0.25) is 14.2 Å². The highest BCUT2D eigenvalue weighted by Crippen LogP contribution is 2.15. The summed E-state index contributed by atoms with van der Waals surface area (Å²) < 4.78 is 27.6. The van der Waals surface area contributed by atoms with Gasteiger partial charge in [0.05, 0.1) is 11.4 Å². The third-order valence-corrected chi connectivity index (χ3v) is 4.35. The number of halogens is 2. The van der Waals surface area contributed by atoms with Gasteiger partial charge in [0.1, 0.15) is 0 Å². The monoisotopic (exact) mass is 373 g/mol. The Morgan fingerprint density at radius 1 is 1.12 bits per heavy atom. The topological polar surface area (TPSA) is 64.0 Å². The Labute approximate surface area is 151 Å². The summed E-state index contributed by atoms with van der Waals surface area (Å²) in [5, 5.41) is 2.79. The van der Waals surface area contributed by atoms with Crippen molar-refractivity contribution in [1.82, 2.24) is 9.55 Å². The van der Waals surface area contributed by atoms with E-state index in [0.717, 1.165) is 28.5 Å². The third kappa shape index (κ3) is 4.15. The highest BCUT2D eigenvalue weighted by Gasteiger charge is 2.11. The summed E-state index contributed by atoms with van der Waals surface area (Å²) in [6.45, 7) is 0. The first-order valence-corrected chi connectivity index (χ1v) is 8.54. The maximum Gasteiger partial charge on any atom is 0.287 e. The van der Waals surface area contributed by atoms with E-state index in [-0.39, 0.29) is 22.4 Å². The normalized spacial score (nSPS) is 10.5. The quantitative estimate of drug-likeness (QED) is 0.698. The van der Waals surface area contributed by atoms with Crippen LogP contribution in [0.4, 0.5) is 14.5 Å². The van der Waals surface area contributed by atoms with E-state index in [9.17, 15) is 18.4 Å². The van der Waals surface area contributed by atoms with Gasteiger partial charge in [0.15, 0.2) is 16.7 Å². The number of thioether (sulfide) groups is 1. The Balaban J connectivity index is 1.74. The maximum absolute atomic E-state index is 13.4. The van der Waals surface area contributed by atoms with Crippen LogP contribution >= 0.6 is 11.8 Å². The Hall–Kier alpha value is -3.00. The molecule has 5 nitrogen and oxygen atoms in total. The number of hydrogen-bond acceptors (Lipinski definition) is 4. The number of amides is 1. The van der Waals surface area contributed by atoms with Gasteiger partial charge in [-0.15, -0.1) is 0 Å². The minimum Gasteiger partial charge on any atom is -0.325 e. The number of anilines is 1. The van der Waals surface area contributed by atoms with Gasteiger partial charge in [0, 0.05) is 24.1 Å². The summed E-state index contributed by atoms with van der Waals surface area (Å²) in [6, 6.07) is 12.1. The fraction of sp³-hybridized carbons (Fsp3) is 0.0556. The first-order chi connectivity index (χ1) is 12.5. The van der Waals surface area contributed by atoms with Crippen molar-refractivity contribution in [3.63, 3.8) is 0 Å². The van der Waals surface area contributed by atoms with E-state index in [4.69, 9.17) is 0 Å². The van der Waals surface area contributed by atoms with Crippen molar-refractivity contribution in [3.05, 3.63) is 82.9 Å². The zero-order chi connectivity index (χ0) is 18.5. The number of benzene rings is 2. The van der Waals surface area contributed by atoms with Gasteiger partial charge in [-0.25, -0.2) is 13.8 Å². The smallest absolute Gasteiger partial charge is 0.287 e. The predicted octanol–water partition coefficient (Wildman–Crippen LogP) is 3.24. The molecule has 0 fully saturated rings. The van der Waals surface area contributed by atoms with Crippen molar-refractivity contribution in [2.75, 3.05) is 11.1 Å². The van der Waals surface area contributed by atoms with Crippen molar-refractivity contribution in [2.24, 2.45) is 0 Å². The van der Waals surface area contributed by atoms with Crippen LogP contribution in [0.2, 0.25) is 0 Å². The molecule has 1 aromatic heterocycles. The van der Waals surface area contributed by atoms with Gasteiger partial charge in [-0.05, 0) is 24.3 Å². The highest BCUT2D eigenvalue weighted by molar-refractivity contribution is 7.99. The largest absolute Gasteiger partial charge is 0.325 e. The molecule has 1 amide bonds. The van der Waals surface area contributed by atoms with E-state index < -0.39 is 17.2 Å². The van der Waals surface area contributed by atoms with Crippen molar-refractivity contribution >= 4 is 23.4 Å². The van der Waals surface area contributed by atoms with Crippen LogP contribution in [0.1, 0.15) is 0 Å². The Bertz CT molecular complexity index is 993. The van der Waals surface area contributed by atoms with Gasteiger partial charge in [-0.1, -0.05) is 30.0 Å². The van der Waals surface area contributed by atoms with Crippen molar-refractivity contribution in [1.29, 1.82) is 0 Å². The molecule has 0 bridgehead atoms. The molecule has 8 heteroatoms. The molecule has 0 unspecified atom stereocenters. The summed E-state index contributed by atoms with van der Waals surface area (Å²) in [4.78, 5) is 28.4. The van der Waals surface area contributed by atoms with E-state index >= 15 is 0 Å². The molecule has 0 atom stereocenters. The second kappa shape index (κ2) is 7.92. The molecule has 0 aliphatic rings. The molecule has 2 aromatic carbocycles. The minimum absolute atomic E-state index is 0.0150. The van der Waals surface area contributed by atoms with Crippen LogP contribution in [0.5, 0.6) is 0 Å². The first kappa shape index (κ1) is 17.8. The fourth-order valence-electron chi connectivity index (χ4n) is 2.18. The lowest BCUT2D eigenvalue weighted by Crippen LogP contribution is -2.22. The maximum atomic E-state index is 13.4. The number of aromatic nitrogens is 2. The molecule has 0 saturated heterocycles. The molecule has 0 spiro atoms. The van der Waals surface area contributed by atoms with Crippen LogP contribution in [-0.4, -0.2) is 21.2 Å². The molecule has 1 N–H and O–H groups in total. The Morgan fingerprint density at radius 2 is 1.88 bits per heavy atom. The standard InChI is InChI=1S/C18H13F2N3O2S/c19-14-7-6-13(10-15(14)20)23-9-8-21-17(18(23)25)26-11-16(24)22-12-4-2-1-3-5-12/h1-10H,11H2,(H,22,24). The zero-order valence-corrected chi connectivity index (χ0v) is 14.2. The van der Waals surface area contributed by atoms with E-state index in [0.29, 0.717) is 5.69 Å². The number of rotatable bonds is 5. The number of hydrogen-bond donors (Lipinski definition) is 1. The molecule has 26 heavy (non-hydrogen) atoms. The van der Waals surface area contributed by atoms with Crippen LogP contribution in [0.3, 0.4) is 0 Å². The number of carbonyl (C=O) groups excluding carboxylic acids is 1. The van der Waals surface area contributed by atoms with Crippen LogP contribution in [0.15, 0.2) is 70.7 Å². The average Bonchev–Trinajstić information content (AvgIpc) is 2.64. The van der Waals surface area contributed by atoms with Crippen LogP contribution < -0.4 is 10.9 Å². The third-order valence-electron chi connectivity index (χ3n) is 3.39. The van der Waals surface area contributed by atoms with Gasteiger partial charge in [0.2, 0.25) is 5.91 Å². The van der Waals surface area contributed by atoms with Gasteiger partial charge >= 0.3 is 0 Å². The second-order valence-electron chi connectivity index (χ2n) is 5.21. The lowest BCUT2D eigenvalue weighted by atomic mass is 10.3. The van der Waals surface area contributed by atoms with E-state index in [1.165, 1.54) is 18.5 Å². The van der Waals surface area contributed by atoms with Crippen LogP contribution in [0, 0.1) is 11.6 Å². The van der Waals surface area contributed by atoms with E-state index in [1.807, 2.05) is 6.07 Å². The second-order valence-corrected chi connectivity index (χ2v) is 6.17. The molecule has 0 aliphatic heterocycles. The van der Waals surface area contributed by atoms with E-state index in [2.05, 4.69) is 10.3 Å². The van der Waals surface area contributed by atoms with Gasteiger partial charge < -0.3 is 5.32 Å². The van der Waals surface area contributed by atoms with Gasteiger partial charge in [0.25, 0.3) is 5.56 Å². The molecule has 0 saturated carbocycles. The minimum atomic E-state index is -1.05. The lowest BCUT2D eigenvalue weighted by Gasteiger charge is -2.08. The zero-order valence-electron chi connectivity index (χ0n) is 13.4. The molecule has 0 radical (unpaired) electrons. The lowest BCUT2D eigenvalue weighted by molar-refractivity contribution is -0.113. The van der Waals surface area contributed by atoms with E-state index in [1.54, 1.807) is 24.3 Å². The molecule has 1 heterocycles. The average molecular weight is 373 g/mol. The molecule has 132 valence electrons. The Kier molecular flexibility index (Phi) is 5.43. The number of nitrogens with zero attached hydrogens (tertiary/aromatic N) is 2. The Morgan fingerprint density at radius 3 is 2.62 bits per heavy atom. The summed E-state index contributed by atoms with van der Waals surface area (Å²) in [5.74, 6) is -2.35. The molecular formula is C18H13F2N3O2S. The fourth-order valence-corrected chi connectivity index (χ4v) is 2.88. The van der Waals surface area contributed by atoms with Crippen LogP contribution in [-0.2, 0) is 4.79 Å². The van der Waals surface area contributed by atoms with Crippen molar-refractivity contribution in [3.8, 4) is 5.69 Å². The molecular weight excluding hydrogens is 360 g/mol. The van der Waals surface area contributed by atoms with Crippen molar-refractivity contribution < 1.29 is 13.6 Å². The molecule has 3 aromatic rings. The summed E-state index contributed by atoms with van der Waals surface area (Å²) in [6.07, 6.45) is 2.71. The number of para-hydroxylation sites is 1. The molecule has 3 rings (SSSR count). The number of carbonyl (C=O) groups is 1. The predicted molar refractivity (Wildman–Crippen MR) is 95.5 cm³/mol. The highest BCUT2D eigenvalue weighted by atomic mass is 32.2. The number of nitrogens with one attached hydrogen (secondary N) is 1. The van der Waals surface area contributed by atoms with Crippen molar-refractivity contribution in [2.45, 2.75) is 5.03 Å². The summed E-state index contributed by atoms with van der Waals surface area (Å²) in [5.41, 5.74) is 0.307. The summed E-state index contributed by atoms with van der Waals surface area (Å²) in [7, 11) is 0. The van der Waals surface area contributed by atoms with Crippen LogP contribution in [0.25, 0.3) is 5.69 Å². The molecule has 0 aliphatic carbocycles. The summed E-state index contributed by atoms with van der Waals surface area (Å²) >= 11 is 0.966. The first-order valence-electron chi connectivity index (χ1n) is 7.55.